The number of aryl methyl sites for hydroxylation is 1. The fourth-order valence-corrected chi connectivity index (χ4v) is 1.77. The van der Waals surface area contributed by atoms with Crippen LogP contribution in [0.2, 0.25) is 0 Å². The van der Waals surface area contributed by atoms with E-state index in [1.807, 2.05) is 37.9 Å². The lowest BCUT2D eigenvalue weighted by molar-refractivity contribution is 0.211. The van der Waals surface area contributed by atoms with Crippen LogP contribution in [0.25, 0.3) is 0 Å². The molecular formula is C14H22N2O. The topological polar surface area (TPSA) is 23.6 Å². The minimum absolute atomic E-state index is 0.0549. The highest BCUT2D eigenvalue weighted by Gasteiger charge is 2.15. The van der Waals surface area contributed by atoms with Crippen LogP contribution in [0.15, 0.2) is 24.3 Å². The number of benzene rings is 1. The van der Waals surface area contributed by atoms with Crippen molar-refractivity contribution in [1.29, 1.82) is 0 Å². The molecule has 2 amide bonds. The largest absolute Gasteiger partial charge is 0.325 e. The molecule has 0 bridgehead atoms. The zero-order chi connectivity index (χ0) is 12.8. The Morgan fingerprint density at radius 2 is 1.59 bits per heavy atom. The summed E-state index contributed by atoms with van der Waals surface area (Å²) in [6, 6.07) is 8.20. The number of carbonyl (C=O) groups excluding carboxylic acids is 1. The van der Waals surface area contributed by atoms with Crippen LogP contribution in [0.4, 0.5) is 10.5 Å². The number of anilines is 1. The molecule has 0 heterocycles. The zero-order valence-electron chi connectivity index (χ0n) is 11.2. The van der Waals surface area contributed by atoms with E-state index in [1.165, 1.54) is 5.56 Å². The third-order valence-corrected chi connectivity index (χ3v) is 3.05. The molecule has 1 rings (SSSR count). The van der Waals surface area contributed by atoms with Crippen LogP contribution >= 0.6 is 0 Å². The van der Waals surface area contributed by atoms with Crippen LogP contribution < -0.4 is 4.90 Å². The van der Waals surface area contributed by atoms with Gasteiger partial charge in [0.1, 0.15) is 0 Å². The van der Waals surface area contributed by atoms with E-state index in [0.29, 0.717) is 0 Å². The number of hydrogen-bond donors (Lipinski definition) is 0. The van der Waals surface area contributed by atoms with Gasteiger partial charge in [-0.25, -0.2) is 4.79 Å². The molecule has 0 spiro atoms. The van der Waals surface area contributed by atoms with Crippen molar-refractivity contribution in [3.63, 3.8) is 0 Å². The maximum Gasteiger partial charge on any atom is 0.324 e. The quantitative estimate of drug-likeness (QED) is 0.785. The van der Waals surface area contributed by atoms with Gasteiger partial charge in [0.15, 0.2) is 0 Å². The van der Waals surface area contributed by atoms with Gasteiger partial charge in [0, 0.05) is 25.8 Å². The van der Waals surface area contributed by atoms with Gasteiger partial charge >= 0.3 is 6.03 Å². The van der Waals surface area contributed by atoms with Crippen molar-refractivity contribution in [3.05, 3.63) is 29.8 Å². The Morgan fingerprint density at radius 1 is 1.06 bits per heavy atom. The molecule has 0 radical (unpaired) electrons. The number of hydrogen-bond acceptors (Lipinski definition) is 1. The first-order valence-electron chi connectivity index (χ1n) is 6.25. The molecule has 0 saturated heterocycles. The fraction of sp³-hybridized carbons (Fsp3) is 0.500. The second kappa shape index (κ2) is 6.28. The molecule has 0 saturated carbocycles. The second-order valence-corrected chi connectivity index (χ2v) is 4.03. The molecule has 0 N–H and O–H groups in total. The van der Waals surface area contributed by atoms with Crippen molar-refractivity contribution in [2.75, 3.05) is 25.0 Å². The molecule has 0 atom stereocenters. The van der Waals surface area contributed by atoms with Gasteiger partial charge in [-0.2, -0.15) is 0 Å². The monoisotopic (exact) mass is 234 g/mol. The normalized spacial score (nSPS) is 10.1. The standard InChI is InChI=1S/C14H22N2O/c1-5-12-8-10-13(11-9-12)15(4)14(17)16(6-2)7-3/h8-11H,5-7H2,1-4H3. The molecule has 0 aliphatic carbocycles. The molecule has 0 aromatic heterocycles. The summed E-state index contributed by atoms with van der Waals surface area (Å²) in [6.07, 6.45) is 1.02. The fourth-order valence-electron chi connectivity index (χ4n) is 1.77. The van der Waals surface area contributed by atoms with Crippen LogP contribution in [0.1, 0.15) is 26.3 Å². The van der Waals surface area contributed by atoms with Gasteiger partial charge in [0.2, 0.25) is 0 Å². The minimum Gasteiger partial charge on any atom is -0.325 e. The Morgan fingerprint density at radius 3 is 2.00 bits per heavy atom. The highest BCUT2D eigenvalue weighted by Crippen LogP contribution is 2.15. The summed E-state index contributed by atoms with van der Waals surface area (Å²) in [5.41, 5.74) is 2.23. The molecule has 0 unspecified atom stereocenters. The lowest BCUT2D eigenvalue weighted by atomic mass is 10.1. The van der Waals surface area contributed by atoms with Gasteiger partial charge in [-0.1, -0.05) is 19.1 Å². The van der Waals surface area contributed by atoms with E-state index in [-0.39, 0.29) is 6.03 Å². The number of nitrogens with zero attached hydrogens (tertiary/aromatic N) is 2. The first-order chi connectivity index (χ1) is 8.13. The zero-order valence-corrected chi connectivity index (χ0v) is 11.2. The molecule has 3 heteroatoms. The predicted octanol–water partition coefficient (Wildman–Crippen LogP) is 3.15. The molecule has 17 heavy (non-hydrogen) atoms. The van der Waals surface area contributed by atoms with Crippen molar-refractivity contribution in [3.8, 4) is 0 Å². The van der Waals surface area contributed by atoms with Crippen molar-refractivity contribution in [2.45, 2.75) is 27.2 Å². The Labute approximate surface area is 104 Å². The lowest BCUT2D eigenvalue weighted by Gasteiger charge is -2.26. The molecule has 0 fully saturated rings. The first kappa shape index (κ1) is 13.6. The number of rotatable bonds is 4. The first-order valence-corrected chi connectivity index (χ1v) is 6.25. The highest BCUT2D eigenvalue weighted by molar-refractivity contribution is 5.91. The summed E-state index contributed by atoms with van der Waals surface area (Å²) in [5.74, 6) is 0. The van der Waals surface area contributed by atoms with E-state index in [0.717, 1.165) is 25.2 Å². The van der Waals surface area contributed by atoms with Gasteiger partial charge < -0.3 is 4.90 Å². The maximum atomic E-state index is 12.1. The predicted molar refractivity (Wildman–Crippen MR) is 72.5 cm³/mol. The maximum absolute atomic E-state index is 12.1. The van der Waals surface area contributed by atoms with Gasteiger partial charge in [-0.15, -0.1) is 0 Å². The van der Waals surface area contributed by atoms with Crippen LogP contribution in [-0.2, 0) is 6.42 Å². The van der Waals surface area contributed by atoms with Crippen LogP contribution in [0.3, 0.4) is 0 Å². The van der Waals surface area contributed by atoms with E-state index in [9.17, 15) is 4.79 Å². The number of urea groups is 1. The third kappa shape index (κ3) is 3.22. The van der Waals surface area contributed by atoms with Crippen molar-refractivity contribution >= 4 is 11.7 Å². The molecule has 3 nitrogen and oxygen atoms in total. The average molecular weight is 234 g/mol. The summed E-state index contributed by atoms with van der Waals surface area (Å²) in [7, 11) is 1.82. The van der Waals surface area contributed by atoms with E-state index < -0.39 is 0 Å². The molecule has 0 aliphatic heterocycles. The number of amides is 2. The summed E-state index contributed by atoms with van der Waals surface area (Å²) < 4.78 is 0. The van der Waals surface area contributed by atoms with E-state index in [1.54, 1.807) is 4.90 Å². The SMILES string of the molecule is CCc1ccc(N(C)C(=O)N(CC)CC)cc1. The van der Waals surface area contributed by atoms with Crippen LogP contribution in [0.5, 0.6) is 0 Å². The van der Waals surface area contributed by atoms with Crippen LogP contribution in [0, 0.1) is 0 Å². The lowest BCUT2D eigenvalue weighted by Crippen LogP contribution is -2.41. The van der Waals surface area contributed by atoms with Crippen molar-refractivity contribution < 1.29 is 4.79 Å². The Hall–Kier alpha value is -1.51. The van der Waals surface area contributed by atoms with Gasteiger partial charge in [-0.05, 0) is 38.0 Å². The minimum atomic E-state index is 0.0549. The summed E-state index contributed by atoms with van der Waals surface area (Å²) >= 11 is 0. The van der Waals surface area contributed by atoms with E-state index in [4.69, 9.17) is 0 Å². The second-order valence-electron chi connectivity index (χ2n) is 4.03. The molecule has 94 valence electrons. The summed E-state index contributed by atoms with van der Waals surface area (Å²) in [5, 5.41) is 0. The van der Waals surface area contributed by atoms with Gasteiger partial charge in [-0.3, -0.25) is 4.90 Å². The summed E-state index contributed by atoms with van der Waals surface area (Å²) in [6.45, 7) is 7.60. The van der Waals surface area contributed by atoms with E-state index in [2.05, 4.69) is 19.1 Å². The van der Waals surface area contributed by atoms with Crippen LogP contribution in [-0.4, -0.2) is 31.1 Å². The average Bonchev–Trinajstić information content (AvgIpc) is 2.39. The molecule has 1 aromatic carbocycles. The smallest absolute Gasteiger partial charge is 0.324 e. The Kier molecular flexibility index (Phi) is 5.01. The molecular weight excluding hydrogens is 212 g/mol. The van der Waals surface area contributed by atoms with Gasteiger partial charge in [0.25, 0.3) is 0 Å². The highest BCUT2D eigenvalue weighted by atomic mass is 16.2. The van der Waals surface area contributed by atoms with Gasteiger partial charge in [0.05, 0.1) is 0 Å². The van der Waals surface area contributed by atoms with Crippen molar-refractivity contribution in [2.24, 2.45) is 0 Å². The van der Waals surface area contributed by atoms with E-state index >= 15 is 0 Å². The third-order valence-electron chi connectivity index (χ3n) is 3.05. The number of carbonyl (C=O) groups is 1. The Balaban J connectivity index is 2.80. The summed E-state index contributed by atoms with van der Waals surface area (Å²) in [4.78, 5) is 15.6. The Bertz CT molecular complexity index is 355. The van der Waals surface area contributed by atoms with Crippen molar-refractivity contribution in [1.82, 2.24) is 4.90 Å². The molecule has 0 aliphatic rings. The molecule has 1 aromatic rings.